The van der Waals surface area contributed by atoms with Crippen LogP contribution in [0.4, 0.5) is 0 Å². The largest absolute Gasteiger partial charge is 0.384 e. The number of oxime groups is 1. The van der Waals surface area contributed by atoms with Gasteiger partial charge in [0, 0.05) is 11.8 Å². The van der Waals surface area contributed by atoms with Crippen LogP contribution in [0.3, 0.4) is 0 Å². The van der Waals surface area contributed by atoms with Gasteiger partial charge in [0.15, 0.2) is 12.4 Å². The maximum absolute atomic E-state index is 10.6. The van der Waals surface area contributed by atoms with E-state index in [0.29, 0.717) is 6.42 Å². The number of carbonyl (C=O) groups excluding carboxylic acids is 1. The summed E-state index contributed by atoms with van der Waals surface area (Å²) in [5.41, 5.74) is 2.42. The Morgan fingerprint density at radius 1 is 1.24 bits per heavy atom. The van der Waals surface area contributed by atoms with Crippen molar-refractivity contribution in [2.75, 3.05) is 0 Å². The predicted octanol–water partition coefficient (Wildman–Crippen LogP) is 1.93. The van der Waals surface area contributed by atoms with Crippen LogP contribution >= 0.6 is 0 Å². The second-order valence-electron chi connectivity index (χ2n) is 3.91. The van der Waals surface area contributed by atoms with Gasteiger partial charge in [-0.1, -0.05) is 29.4 Å². The summed E-state index contributed by atoms with van der Waals surface area (Å²) in [5.74, 6) is 0. The van der Waals surface area contributed by atoms with Gasteiger partial charge in [0.2, 0.25) is 0 Å². The lowest BCUT2D eigenvalue weighted by Crippen LogP contribution is -2.10. The molecule has 0 fully saturated rings. The third kappa shape index (κ3) is 1.78. The minimum Gasteiger partial charge on any atom is -0.384 e. The van der Waals surface area contributed by atoms with E-state index in [1.165, 1.54) is 0 Å². The second kappa shape index (κ2) is 3.97. The molecule has 0 saturated carbocycles. The highest BCUT2D eigenvalue weighted by Gasteiger charge is 2.22. The summed E-state index contributed by atoms with van der Waals surface area (Å²) in [6.45, 7) is 0. The number of aromatic nitrogens is 1. The molecule has 3 rings (SSSR count). The lowest BCUT2D eigenvalue weighted by Gasteiger charge is -2.01. The van der Waals surface area contributed by atoms with Gasteiger partial charge < -0.3 is 4.84 Å². The van der Waals surface area contributed by atoms with Crippen molar-refractivity contribution >= 4 is 22.9 Å². The number of fused-ring (bicyclic) bond motifs is 1. The monoisotopic (exact) mass is 226 g/mol. The molecule has 0 saturated heterocycles. The van der Waals surface area contributed by atoms with Gasteiger partial charge in [0.25, 0.3) is 0 Å². The third-order valence-electron chi connectivity index (χ3n) is 2.74. The van der Waals surface area contributed by atoms with Gasteiger partial charge in [-0.05, 0) is 12.1 Å². The Bertz CT molecular complexity index is 607. The minimum absolute atomic E-state index is 0.460. The fourth-order valence-corrected chi connectivity index (χ4v) is 1.85. The molecule has 4 nitrogen and oxygen atoms in total. The third-order valence-corrected chi connectivity index (χ3v) is 2.74. The lowest BCUT2D eigenvalue weighted by molar-refractivity contribution is -0.116. The van der Waals surface area contributed by atoms with Crippen LogP contribution in [0.5, 0.6) is 0 Å². The number of carbonyl (C=O) groups is 1. The van der Waals surface area contributed by atoms with Crippen LogP contribution in [0.1, 0.15) is 12.1 Å². The maximum Gasteiger partial charge on any atom is 0.188 e. The van der Waals surface area contributed by atoms with Crippen LogP contribution in [0.15, 0.2) is 41.6 Å². The Balaban J connectivity index is 1.99. The van der Waals surface area contributed by atoms with Gasteiger partial charge >= 0.3 is 0 Å². The first-order valence-corrected chi connectivity index (χ1v) is 5.41. The molecule has 1 aromatic carbocycles. The fraction of sp³-hybridized carbons (Fsp3) is 0.154. The van der Waals surface area contributed by atoms with Crippen molar-refractivity contribution in [3.63, 3.8) is 0 Å². The number of benzene rings is 1. The molecule has 0 amide bonds. The number of hydrogen-bond donors (Lipinski definition) is 0. The van der Waals surface area contributed by atoms with E-state index < -0.39 is 6.10 Å². The molecular weight excluding hydrogens is 216 g/mol. The average Bonchev–Trinajstić information content (AvgIpc) is 2.87. The molecule has 2 heterocycles. The summed E-state index contributed by atoms with van der Waals surface area (Å²) in [7, 11) is 0. The molecule has 1 aliphatic heterocycles. The van der Waals surface area contributed by atoms with E-state index in [0.717, 1.165) is 28.6 Å². The number of nitrogens with zero attached hydrogens (tertiary/aromatic N) is 2. The van der Waals surface area contributed by atoms with Crippen molar-refractivity contribution in [1.29, 1.82) is 0 Å². The van der Waals surface area contributed by atoms with Crippen molar-refractivity contribution in [1.82, 2.24) is 4.98 Å². The molecule has 0 N–H and O–H groups in total. The normalized spacial score (nSPS) is 18.8. The highest BCUT2D eigenvalue weighted by atomic mass is 16.6. The Morgan fingerprint density at radius 3 is 2.94 bits per heavy atom. The van der Waals surface area contributed by atoms with Gasteiger partial charge in [-0.25, -0.2) is 4.98 Å². The molecule has 84 valence electrons. The summed E-state index contributed by atoms with van der Waals surface area (Å²) in [6.07, 6.45) is 0.796. The minimum atomic E-state index is -0.460. The second-order valence-corrected chi connectivity index (χ2v) is 3.91. The lowest BCUT2D eigenvalue weighted by atomic mass is 10.1. The molecule has 2 aromatic rings. The molecule has 1 unspecified atom stereocenters. The number of aldehydes is 1. The Kier molecular flexibility index (Phi) is 2.33. The topological polar surface area (TPSA) is 51.5 Å². The molecule has 0 bridgehead atoms. The molecule has 1 aromatic heterocycles. The van der Waals surface area contributed by atoms with E-state index in [1.54, 1.807) is 0 Å². The van der Waals surface area contributed by atoms with Crippen LogP contribution in [0.2, 0.25) is 0 Å². The Labute approximate surface area is 97.9 Å². The maximum atomic E-state index is 10.6. The Hall–Kier alpha value is -2.23. The standard InChI is InChI=1S/C13H10N2O2/c16-8-10-7-13(15-17-10)12-6-5-9-3-1-2-4-11(9)14-12/h1-6,8,10H,7H2. The summed E-state index contributed by atoms with van der Waals surface area (Å²) >= 11 is 0. The number of para-hydroxylation sites is 1. The molecule has 0 spiro atoms. The van der Waals surface area contributed by atoms with Gasteiger partial charge in [0.1, 0.15) is 5.71 Å². The predicted molar refractivity (Wildman–Crippen MR) is 63.8 cm³/mol. The summed E-state index contributed by atoms with van der Waals surface area (Å²) in [5, 5.41) is 4.97. The molecule has 1 atom stereocenters. The van der Waals surface area contributed by atoms with Crippen LogP contribution in [-0.4, -0.2) is 23.1 Å². The van der Waals surface area contributed by atoms with E-state index in [2.05, 4.69) is 10.1 Å². The number of hydrogen-bond acceptors (Lipinski definition) is 4. The zero-order valence-corrected chi connectivity index (χ0v) is 9.04. The van der Waals surface area contributed by atoms with Gasteiger partial charge in [-0.2, -0.15) is 0 Å². The van der Waals surface area contributed by atoms with Crippen molar-refractivity contribution in [3.8, 4) is 0 Å². The van der Waals surface area contributed by atoms with E-state index in [4.69, 9.17) is 4.84 Å². The van der Waals surface area contributed by atoms with Crippen molar-refractivity contribution in [2.24, 2.45) is 5.16 Å². The van der Waals surface area contributed by atoms with Crippen LogP contribution in [0, 0.1) is 0 Å². The van der Waals surface area contributed by atoms with Crippen molar-refractivity contribution in [3.05, 3.63) is 42.1 Å². The van der Waals surface area contributed by atoms with E-state index in [1.807, 2.05) is 36.4 Å². The first kappa shape index (κ1) is 9.96. The molecule has 17 heavy (non-hydrogen) atoms. The molecule has 0 radical (unpaired) electrons. The Morgan fingerprint density at radius 2 is 2.12 bits per heavy atom. The van der Waals surface area contributed by atoms with Gasteiger partial charge in [-0.3, -0.25) is 4.79 Å². The molecular formula is C13H10N2O2. The quantitative estimate of drug-likeness (QED) is 0.735. The van der Waals surface area contributed by atoms with Crippen LogP contribution < -0.4 is 0 Å². The first-order valence-electron chi connectivity index (χ1n) is 5.41. The summed E-state index contributed by atoms with van der Waals surface area (Å²) in [6, 6.07) is 11.8. The summed E-state index contributed by atoms with van der Waals surface area (Å²) < 4.78 is 0. The van der Waals surface area contributed by atoms with Gasteiger partial charge in [-0.15, -0.1) is 0 Å². The van der Waals surface area contributed by atoms with Crippen LogP contribution in [-0.2, 0) is 9.63 Å². The van der Waals surface area contributed by atoms with Crippen molar-refractivity contribution < 1.29 is 9.63 Å². The molecule has 0 aliphatic carbocycles. The molecule has 1 aliphatic rings. The number of pyridine rings is 1. The smallest absolute Gasteiger partial charge is 0.188 e. The highest BCUT2D eigenvalue weighted by Crippen LogP contribution is 2.17. The van der Waals surface area contributed by atoms with Gasteiger partial charge in [0.05, 0.1) is 11.2 Å². The highest BCUT2D eigenvalue weighted by molar-refractivity contribution is 6.02. The van der Waals surface area contributed by atoms with E-state index in [9.17, 15) is 4.79 Å². The van der Waals surface area contributed by atoms with E-state index in [-0.39, 0.29) is 0 Å². The molecule has 4 heteroatoms. The van der Waals surface area contributed by atoms with Crippen molar-refractivity contribution in [2.45, 2.75) is 12.5 Å². The summed E-state index contributed by atoms with van der Waals surface area (Å²) in [4.78, 5) is 20.0. The van der Waals surface area contributed by atoms with E-state index >= 15 is 0 Å². The van der Waals surface area contributed by atoms with Crippen LogP contribution in [0.25, 0.3) is 10.9 Å². The first-order chi connectivity index (χ1) is 8.36. The fourth-order valence-electron chi connectivity index (χ4n) is 1.85. The number of rotatable bonds is 2. The SMILES string of the molecule is O=CC1CC(c2ccc3ccccc3n2)=NO1. The average molecular weight is 226 g/mol. The zero-order chi connectivity index (χ0) is 11.7. The zero-order valence-electron chi connectivity index (χ0n) is 9.04.